The molecular weight excluding hydrogens is 366 g/mol. The second-order valence-electron chi connectivity index (χ2n) is 6.13. The molecule has 1 amide bonds. The minimum absolute atomic E-state index is 0.0474. The number of aryl methyl sites for hydroxylation is 3. The molecule has 3 aromatic rings. The van der Waals surface area contributed by atoms with Crippen LogP contribution in [0.15, 0.2) is 29.3 Å². The molecule has 3 rings (SSSR count). The van der Waals surface area contributed by atoms with E-state index in [-0.39, 0.29) is 18.9 Å². The molecule has 0 bridgehead atoms. The van der Waals surface area contributed by atoms with Gasteiger partial charge in [-0.2, -0.15) is 0 Å². The Morgan fingerprint density at radius 2 is 2.11 bits per heavy atom. The maximum absolute atomic E-state index is 12.4. The van der Waals surface area contributed by atoms with Crippen LogP contribution in [-0.2, 0) is 16.0 Å². The number of aromatic nitrogens is 2. The summed E-state index contributed by atoms with van der Waals surface area (Å²) in [6.45, 7) is 9.24. The van der Waals surface area contributed by atoms with Crippen molar-refractivity contribution in [3.05, 3.63) is 52.2 Å². The Hall–Kier alpha value is -3.00. The number of carbonyl (C=O) groups excluding carboxylic acids is 2. The Labute approximate surface area is 160 Å². The Bertz CT molecular complexity index is 1040. The molecule has 2 aromatic heterocycles. The van der Waals surface area contributed by atoms with Gasteiger partial charge >= 0.3 is 5.97 Å². The van der Waals surface area contributed by atoms with Crippen molar-refractivity contribution >= 4 is 39.3 Å². The van der Waals surface area contributed by atoms with Crippen molar-refractivity contribution < 1.29 is 18.8 Å². The van der Waals surface area contributed by atoms with Gasteiger partial charge < -0.3 is 14.6 Å². The predicted octanol–water partition coefficient (Wildman–Crippen LogP) is 3.73. The maximum Gasteiger partial charge on any atom is 0.350 e. The molecule has 27 heavy (non-hydrogen) atoms. The van der Waals surface area contributed by atoms with Gasteiger partial charge in [0, 0.05) is 5.39 Å². The summed E-state index contributed by atoms with van der Waals surface area (Å²) < 4.78 is 10.4. The van der Waals surface area contributed by atoms with Gasteiger partial charge in [0.05, 0.1) is 12.1 Å². The molecule has 0 atom stereocenters. The number of rotatable bonds is 6. The summed E-state index contributed by atoms with van der Waals surface area (Å²) in [6, 6.07) is 3.91. The lowest BCUT2D eigenvalue weighted by atomic mass is 10.0. The van der Waals surface area contributed by atoms with Crippen molar-refractivity contribution in [1.82, 2.24) is 10.1 Å². The zero-order chi connectivity index (χ0) is 19.6. The van der Waals surface area contributed by atoms with Gasteiger partial charge in [0.25, 0.3) is 0 Å². The molecule has 1 N–H and O–H groups in total. The third kappa shape index (κ3) is 4.06. The quantitative estimate of drug-likeness (QED) is 0.513. The van der Waals surface area contributed by atoms with E-state index in [0.29, 0.717) is 27.0 Å². The summed E-state index contributed by atoms with van der Waals surface area (Å²) in [5, 5.41) is 7.92. The van der Waals surface area contributed by atoms with Gasteiger partial charge in [-0.1, -0.05) is 35.2 Å². The average Bonchev–Trinajstić information content (AvgIpc) is 3.16. The summed E-state index contributed by atoms with van der Waals surface area (Å²) in [4.78, 5) is 28.9. The normalized spacial score (nSPS) is 10.8. The number of fused-ring (bicyclic) bond motifs is 1. The van der Waals surface area contributed by atoms with E-state index in [1.807, 2.05) is 26.0 Å². The number of amides is 1. The Morgan fingerprint density at radius 3 is 2.85 bits per heavy atom. The summed E-state index contributed by atoms with van der Waals surface area (Å²) in [5.41, 5.74) is 3.81. The molecule has 0 aliphatic heterocycles. The van der Waals surface area contributed by atoms with Gasteiger partial charge in [0.2, 0.25) is 5.91 Å². The van der Waals surface area contributed by atoms with E-state index < -0.39 is 5.97 Å². The SMILES string of the molecule is C=CCOC(=O)c1sc(NC(=O)Cc2noc3cc(C)cc(C)c23)nc1C. The maximum atomic E-state index is 12.4. The van der Waals surface area contributed by atoms with E-state index in [9.17, 15) is 9.59 Å². The number of benzene rings is 1. The number of anilines is 1. The van der Waals surface area contributed by atoms with Crippen molar-refractivity contribution in [2.75, 3.05) is 11.9 Å². The van der Waals surface area contributed by atoms with Crippen LogP contribution in [-0.4, -0.2) is 28.6 Å². The molecule has 0 aliphatic carbocycles. The van der Waals surface area contributed by atoms with Crippen LogP contribution in [0.5, 0.6) is 0 Å². The summed E-state index contributed by atoms with van der Waals surface area (Å²) in [6.07, 6.45) is 1.54. The molecule has 0 radical (unpaired) electrons. The van der Waals surface area contributed by atoms with Gasteiger partial charge in [-0.15, -0.1) is 0 Å². The standard InChI is InChI=1S/C19H19N3O4S/c1-5-6-25-18(24)17-12(4)20-19(27-17)21-15(23)9-13-16-11(3)7-10(2)8-14(16)26-22-13/h5,7-8H,1,6,9H2,2-4H3,(H,20,21,23). The van der Waals surface area contributed by atoms with E-state index in [2.05, 4.69) is 22.0 Å². The van der Waals surface area contributed by atoms with Crippen LogP contribution >= 0.6 is 11.3 Å². The molecule has 0 saturated carbocycles. The van der Waals surface area contributed by atoms with Crippen LogP contribution in [0.25, 0.3) is 11.0 Å². The van der Waals surface area contributed by atoms with Crippen LogP contribution < -0.4 is 5.32 Å². The highest BCUT2D eigenvalue weighted by atomic mass is 32.1. The van der Waals surface area contributed by atoms with Crippen LogP contribution in [0.4, 0.5) is 5.13 Å². The first kappa shape index (κ1) is 18.8. The van der Waals surface area contributed by atoms with Crippen molar-refractivity contribution in [2.45, 2.75) is 27.2 Å². The second kappa shape index (κ2) is 7.71. The molecule has 0 fully saturated rings. The highest BCUT2D eigenvalue weighted by Crippen LogP contribution is 2.26. The molecule has 1 aromatic carbocycles. The summed E-state index contributed by atoms with van der Waals surface area (Å²) in [7, 11) is 0. The zero-order valence-electron chi connectivity index (χ0n) is 15.3. The van der Waals surface area contributed by atoms with E-state index >= 15 is 0 Å². The molecule has 2 heterocycles. The third-order valence-corrected chi connectivity index (χ3v) is 4.93. The van der Waals surface area contributed by atoms with Crippen LogP contribution in [0.3, 0.4) is 0 Å². The van der Waals surface area contributed by atoms with Gasteiger partial charge in [-0.25, -0.2) is 9.78 Å². The number of thiazole rings is 1. The fraction of sp³-hybridized carbons (Fsp3) is 0.263. The number of ether oxygens (including phenoxy) is 1. The zero-order valence-corrected chi connectivity index (χ0v) is 16.1. The molecule has 0 saturated heterocycles. The lowest BCUT2D eigenvalue weighted by molar-refractivity contribution is -0.115. The smallest absolute Gasteiger partial charge is 0.350 e. The van der Waals surface area contributed by atoms with E-state index in [1.165, 1.54) is 6.08 Å². The highest BCUT2D eigenvalue weighted by molar-refractivity contribution is 7.17. The van der Waals surface area contributed by atoms with Crippen molar-refractivity contribution in [2.24, 2.45) is 0 Å². The van der Waals surface area contributed by atoms with Crippen molar-refractivity contribution in [3.8, 4) is 0 Å². The average molecular weight is 385 g/mol. The minimum Gasteiger partial charge on any atom is -0.457 e. The van der Waals surface area contributed by atoms with Gasteiger partial charge in [0.15, 0.2) is 10.7 Å². The van der Waals surface area contributed by atoms with E-state index in [0.717, 1.165) is 27.8 Å². The third-order valence-electron chi connectivity index (χ3n) is 3.88. The second-order valence-corrected chi connectivity index (χ2v) is 7.13. The number of nitrogens with one attached hydrogen (secondary N) is 1. The molecular formula is C19H19N3O4S. The minimum atomic E-state index is -0.487. The first-order chi connectivity index (χ1) is 12.9. The van der Waals surface area contributed by atoms with Gasteiger partial charge in [-0.3, -0.25) is 4.79 Å². The largest absolute Gasteiger partial charge is 0.457 e. The summed E-state index contributed by atoms with van der Waals surface area (Å²) >= 11 is 1.07. The number of hydrogen-bond acceptors (Lipinski definition) is 7. The Kier molecular flexibility index (Phi) is 5.36. The van der Waals surface area contributed by atoms with Crippen LogP contribution in [0.1, 0.15) is 32.2 Å². The number of nitrogens with zero attached hydrogens (tertiary/aromatic N) is 2. The van der Waals surface area contributed by atoms with E-state index in [4.69, 9.17) is 9.26 Å². The molecule has 8 heteroatoms. The highest BCUT2D eigenvalue weighted by Gasteiger charge is 2.19. The number of carbonyl (C=O) groups is 2. The molecule has 0 spiro atoms. The number of esters is 1. The monoisotopic (exact) mass is 385 g/mol. The topological polar surface area (TPSA) is 94.3 Å². The van der Waals surface area contributed by atoms with E-state index in [1.54, 1.807) is 6.92 Å². The molecule has 0 aliphatic rings. The number of hydrogen-bond donors (Lipinski definition) is 1. The lowest BCUT2D eigenvalue weighted by Crippen LogP contribution is -2.14. The first-order valence-electron chi connectivity index (χ1n) is 8.30. The predicted molar refractivity (Wildman–Crippen MR) is 103 cm³/mol. The lowest BCUT2D eigenvalue weighted by Gasteiger charge is -2.01. The van der Waals surface area contributed by atoms with Crippen molar-refractivity contribution in [1.29, 1.82) is 0 Å². The molecule has 0 unspecified atom stereocenters. The Morgan fingerprint density at radius 1 is 1.33 bits per heavy atom. The molecule has 140 valence electrons. The Balaban J connectivity index is 1.73. The molecule has 7 nitrogen and oxygen atoms in total. The fourth-order valence-corrected chi connectivity index (χ4v) is 3.67. The summed E-state index contributed by atoms with van der Waals surface area (Å²) in [5.74, 6) is -0.774. The van der Waals surface area contributed by atoms with Crippen LogP contribution in [0, 0.1) is 20.8 Å². The van der Waals surface area contributed by atoms with Gasteiger partial charge in [0.1, 0.15) is 17.2 Å². The van der Waals surface area contributed by atoms with Gasteiger partial charge in [-0.05, 0) is 38.0 Å². The van der Waals surface area contributed by atoms with Crippen molar-refractivity contribution in [3.63, 3.8) is 0 Å². The fourth-order valence-electron chi connectivity index (χ4n) is 2.80. The van der Waals surface area contributed by atoms with Crippen LogP contribution in [0.2, 0.25) is 0 Å². The first-order valence-corrected chi connectivity index (χ1v) is 9.11.